The number of nitriles is 1. The summed E-state index contributed by atoms with van der Waals surface area (Å²) < 4.78 is 0. The third kappa shape index (κ3) is 3.33. The van der Waals surface area contributed by atoms with Crippen LogP contribution in [-0.2, 0) is 11.2 Å². The zero-order chi connectivity index (χ0) is 14.4. The maximum Gasteiger partial charge on any atom is 0.154 e. The summed E-state index contributed by atoms with van der Waals surface area (Å²) in [6, 6.07) is 19.6. The van der Waals surface area contributed by atoms with Crippen molar-refractivity contribution in [2.45, 2.75) is 25.7 Å². The van der Waals surface area contributed by atoms with E-state index in [0.29, 0.717) is 12.8 Å². The van der Waals surface area contributed by atoms with Crippen molar-refractivity contribution in [1.82, 2.24) is 0 Å². The van der Waals surface area contributed by atoms with Crippen LogP contribution < -0.4 is 0 Å². The van der Waals surface area contributed by atoms with Gasteiger partial charge in [-0.1, -0.05) is 54.6 Å². The highest BCUT2D eigenvalue weighted by atomic mass is 16.1. The Hall–Kier alpha value is -2.40. The maximum atomic E-state index is 12.3. The van der Waals surface area contributed by atoms with Gasteiger partial charge in [-0.05, 0) is 30.0 Å². The lowest BCUT2D eigenvalue weighted by molar-refractivity contribution is -0.119. The van der Waals surface area contributed by atoms with Gasteiger partial charge in [0.15, 0.2) is 5.78 Å². The highest BCUT2D eigenvalue weighted by Gasteiger charge is 2.21. The first-order chi connectivity index (χ1) is 9.72. The number of carbonyl (C=O) groups excluding carboxylic acids is 1. The minimum atomic E-state index is -0.653. The monoisotopic (exact) mass is 263 g/mol. The SMILES string of the molecule is Cc1ccccc1[C@H](C#N)C(=O)CCc1ccccc1. The Morgan fingerprint density at radius 3 is 2.40 bits per heavy atom. The van der Waals surface area contributed by atoms with Crippen molar-refractivity contribution in [2.75, 3.05) is 0 Å². The molecule has 0 radical (unpaired) electrons. The van der Waals surface area contributed by atoms with Crippen molar-refractivity contribution in [3.63, 3.8) is 0 Å². The van der Waals surface area contributed by atoms with E-state index >= 15 is 0 Å². The van der Waals surface area contributed by atoms with E-state index in [2.05, 4.69) is 6.07 Å². The van der Waals surface area contributed by atoms with Crippen molar-refractivity contribution in [1.29, 1.82) is 5.26 Å². The van der Waals surface area contributed by atoms with Gasteiger partial charge in [0.05, 0.1) is 6.07 Å². The second-order valence-corrected chi connectivity index (χ2v) is 4.87. The van der Waals surface area contributed by atoms with E-state index in [1.165, 1.54) is 0 Å². The third-order valence-corrected chi connectivity index (χ3v) is 3.45. The zero-order valence-corrected chi connectivity index (χ0v) is 11.5. The summed E-state index contributed by atoms with van der Waals surface area (Å²) in [5, 5.41) is 9.30. The Kier molecular flexibility index (Phi) is 4.68. The van der Waals surface area contributed by atoms with Gasteiger partial charge >= 0.3 is 0 Å². The van der Waals surface area contributed by atoms with Crippen molar-refractivity contribution in [3.8, 4) is 6.07 Å². The van der Waals surface area contributed by atoms with Crippen LogP contribution >= 0.6 is 0 Å². The molecule has 0 saturated heterocycles. The second-order valence-electron chi connectivity index (χ2n) is 4.87. The number of carbonyl (C=O) groups is 1. The van der Waals surface area contributed by atoms with E-state index in [-0.39, 0.29) is 5.78 Å². The smallest absolute Gasteiger partial charge is 0.154 e. The van der Waals surface area contributed by atoms with Crippen LogP contribution in [0.3, 0.4) is 0 Å². The zero-order valence-electron chi connectivity index (χ0n) is 11.5. The van der Waals surface area contributed by atoms with E-state index in [0.717, 1.165) is 16.7 Å². The fourth-order valence-electron chi connectivity index (χ4n) is 2.28. The van der Waals surface area contributed by atoms with Crippen LogP contribution in [0.2, 0.25) is 0 Å². The summed E-state index contributed by atoms with van der Waals surface area (Å²) in [6.07, 6.45) is 1.08. The summed E-state index contributed by atoms with van der Waals surface area (Å²) in [7, 11) is 0. The van der Waals surface area contributed by atoms with Crippen LogP contribution in [0, 0.1) is 18.3 Å². The highest BCUT2D eigenvalue weighted by Crippen LogP contribution is 2.22. The average molecular weight is 263 g/mol. The molecule has 2 rings (SSSR count). The lowest BCUT2D eigenvalue weighted by Crippen LogP contribution is -2.12. The topological polar surface area (TPSA) is 40.9 Å². The predicted octanol–water partition coefficient (Wildman–Crippen LogP) is 3.80. The molecule has 0 spiro atoms. The Bertz CT molecular complexity index is 625. The molecule has 0 saturated carbocycles. The maximum absolute atomic E-state index is 12.3. The Labute approximate surface area is 119 Å². The van der Waals surface area contributed by atoms with Gasteiger partial charge in [-0.15, -0.1) is 0 Å². The summed E-state index contributed by atoms with van der Waals surface area (Å²) in [5.41, 5.74) is 2.95. The molecule has 0 aliphatic carbocycles. The van der Waals surface area contributed by atoms with Gasteiger partial charge in [-0.2, -0.15) is 5.26 Å². The lowest BCUT2D eigenvalue weighted by atomic mass is 9.90. The van der Waals surface area contributed by atoms with Crippen LogP contribution in [-0.4, -0.2) is 5.78 Å². The van der Waals surface area contributed by atoms with Crippen LogP contribution in [0.4, 0.5) is 0 Å². The summed E-state index contributed by atoms with van der Waals surface area (Å²) in [5.74, 6) is -0.662. The molecule has 0 aliphatic rings. The molecule has 0 N–H and O–H groups in total. The lowest BCUT2D eigenvalue weighted by Gasteiger charge is -2.11. The molecule has 2 aromatic carbocycles. The molecule has 0 bridgehead atoms. The number of ketones is 1. The van der Waals surface area contributed by atoms with Crippen molar-refractivity contribution < 1.29 is 4.79 Å². The number of hydrogen-bond acceptors (Lipinski definition) is 2. The van der Waals surface area contributed by atoms with Gasteiger partial charge in [-0.3, -0.25) is 4.79 Å². The van der Waals surface area contributed by atoms with E-state index < -0.39 is 5.92 Å². The van der Waals surface area contributed by atoms with E-state index in [9.17, 15) is 10.1 Å². The Morgan fingerprint density at radius 2 is 1.75 bits per heavy atom. The van der Waals surface area contributed by atoms with Crippen LogP contribution in [0.1, 0.15) is 29.0 Å². The number of hydrogen-bond donors (Lipinski definition) is 0. The first-order valence-electron chi connectivity index (χ1n) is 6.74. The molecule has 2 heteroatoms. The van der Waals surface area contributed by atoms with E-state index in [1.54, 1.807) is 0 Å². The molecule has 0 heterocycles. The van der Waals surface area contributed by atoms with Crippen molar-refractivity contribution >= 4 is 5.78 Å². The number of rotatable bonds is 5. The molecular formula is C18H17NO. The van der Waals surface area contributed by atoms with Crippen molar-refractivity contribution in [3.05, 3.63) is 71.3 Å². The Balaban J connectivity index is 2.07. The molecule has 2 aromatic rings. The number of Topliss-reactive ketones (excluding diaryl/α,β-unsaturated/α-hetero) is 1. The number of nitrogens with zero attached hydrogens (tertiary/aromatic N) is 1. The molecule has 20 heavy (non-hydrogen) atoms. The molecule has 0 amide bonds. The number of benzene rings is 2. The fourth-order valence-corrected chi connectivity index (χ4v) is 2.28. The van der Waals surface area contributed by atoms with Crippen LogP contribution in [0.15, 0.2) is 54.6 Å². The van der Waals surface area contributed by atoms with Crippen molar-refractivity contribution in [2.24, 2.45) is 0 Å². The van der Waals surface area contributed by atoms with E-state index in [1.807, 2.05) is 61.5 Å². The van der Waals surface area contributed by atoms with Gasteiger partial charge in [0.25, 0.3) is 0 Å². The average Bonchev–Trinajstić information content (AvgIpc) is 2.49. The minimum absolute atomic E-state index is 0.00865. The largest absolute Gasteiger partial charge is 0.298 e. The normalized spacial score (nSPS) is 11.6. The first-order valence-corrected chi connectivity index (χ1v) is 6.74. The summed E-state index contributed by atoms with van der Waals surface area (Å²) in [6.45, 7) is 1.93. The molecule has 2 nitrogen and oxygen atoms in total. The predicted molar refractivity (Wildman–Crippen MR) is 79.3 cm³/mol. The van der Waals surface area contributed by atoms with Gasteiger partial charge in [0.1, 0.15) is 5.92 Å². The van der Waals surface area contributed by atoms with Gasteiger partial charge in [0.2, 0.25) is 0 Å². The van der Waals surface area contributed by atoms with Gasteiger partial charge < -0.3 is 0 Å². The molecule has 0 fully saturated rings. The van der Waals surface area contributed by atoms with Gasteiger partial charge in [0, 0.05) is 6.42 Å². The first kappa shape index (κ1) is 14.0. The molecule has 1 atom stereocenters. The molecule has 0 aromatic heterocycles. The summed E-state index contributed by atoms with van der Waals surface area (Å²) >= 11 is 0. The Morgan fingerprint density at radius 1 is 1.10 bits per heavy atom. The standard InChI is InChI=1S/C18H17NO/c1-14-7-5-6-10-16(14)17(13-19)18(20)12-11-15-8-3-2-4-9-15/h2-10,17H,11-12H2,1H3/t17-/m0/s1. The second kappa shape index (κ2) is 6.68. The molecule has 100 valence electrons. The van der Waals surface area contributed by atoms with Gasteiger partial charge in [-0.25, -0.2) is 0 Å². The summed E-state index contributed by atoms with van der Waals surface area (Å²) in [4.78, 5) is 12.3. The molecular weight excluding hydrogens is 246 g/mol. The highest BCUT2D eigenvalue weighted by molar-refractivity contribution is 5.88. The minimum Gasteiger partial charge on any atom is -0.298 e. The van der Waals surface area contributed by atoms with E-state index in [4.69, 9.17) is 0 Å². The third-order valence-electron chi connectivity index (χ3n) is 3.45. The quantitative estimate of drug-likeness (QED) is 0.823. The molecule has 0 unspecified atom stereocenters. The van der Waals surface area contributed by atoms with Crippen LogP contribution in [0.5, 0.6) is 0 Å². The van der Waals surface area contributed by atoms with Crippen LogP contribution in [0.25, 0.3) is 0 Å². The molecule has 0 aliphatic heterocycles. The number of aryl methyl sites for hydroxylation is 2. The fraction of sp³-hybridized carbons (Fsp3) is 0.222.